The van der Waals surface area contributed by atoms with Gasteiger partial charge >= 0.3 is 0 Å². The van der Waals surface area contributed by atoms with Crippen molar-refractivity contribution in [2.24, 2.45) is 0 Å². The van der Waals surface area contributed by atoms with Crippen LogP contribution in [-0.2, 0) is 0 Å². The lowest BCUT2D eigenvalue weighted by Gasteiger charge is -2.08. The maximum Gasteiger partial charge on any atom is 0.0119 e. The van der Waals surface area contributed by atoms with Crippen LogP contribution in [-0.4, -0.2) is 0 Å². The van der Waals surface area contributed by atoms with E-state index in [0.717, 1.165) is 6.42 Å². The summed E-state index contributed by atoms with van der Waals surface area (Å²) >= 11 is 1.90. The Morgan fingerprint density at radius 1 is 0.905 bits per heavy atom. The van der Waals surface area contributed by atoms with Gasteiger partial charge in [0, 0.05) is 4.90 Å². The molecule has 0 radical (unpaired) electrons. The predicted molar refractivity (Wildman–Crippen MR) is 95.7 cm³/mol. The molecule has 0 heterocycles. The summed E-state index contributed by atoms with van der Waals surface area (Å²) in [6.07, 6.45) is 5.97. The van der Waals surface area contributed by atoms with Crippen molar-refractivity contribution in [2.75, 3.05) is 0 Å². The second-order valence-corrected chi connectivity index (χ2v) is 6.74. The van der Waals surface area contributed by atoms with Crippen LogP contribution in [0.15, 0.2) is 58.3 Å². The van der Waals surface area contributed by atoms with Crippen molar-refractivity contribution in [3.63, 3.8) is 0 Å². The van der Waals surface area contributed by atoms with Crippen molar-refractivity contribution in [1.29, 1.82) is 0 Å². The lowest BCUT2D eigenvalue weighted by atomic mass is 10.1. The molecule has 0 bridgehead atoms. The molecule has 0 fully saturated rings. The molecule has 0 N–H and O–H groups in total. The molecule has 0 spiro atoms. The highest BCUT2D eigenvalue weighted by Gasteiger charge is 2.02. The lowest BCUT2D eigenvalue weighted by Crippen LogP contribution is -1.82. The minimum Gasteiger partial charge on any atom is -0.0945 e. The molecule has 0 aromatic heterocycles. The van der Waals surface area contributed by atoms with Crippen LogP contribution in [0.4, 0.5) is 0 Å². The van der Waals surface area contributed by atoms with Crippen molar-refractivity contribution >= 4 is 17.8 Å². The van der Waals surface area contributed by atoms with Gasteiger partial charge in [-0.25, -0.2) is 0 Å². The van der Waals surface area contributed by atoms with E-state index in [4.69, 9.17) is 0 Å². The molecule has 110 valence electrons. The van der Waals surface area contributed by atoms with Gasteiger partial charge in [0.1, 0.15) is 0 Å². The summed E-state index contributed by atoms with van der Waals surface area (Å²) in [5, 5.41) is 0. The average molecular weight is 296 g/mol. The number of allylic oxidation sites excluding steroid dienone is 1. The quantitative estimate of drug-likeness (QED) is 0.539. The summed E-state index contributed by atoms with van der Waals surface area (Å²) in [6, 6.07) is 17.6. The normalized spacial score (nSPS) is 11.7. The van der Waals surface area contributed by atoms with Crippen LogP contribution < -0.4 is 0 Å². The third-order valence-corrected chi connectivity index (χ3v) is 4.54. The van der Waals surface area contributed by atoms with E-state index in [2.05, 4.69) is 75.4 Å². The standard InChI is InChI=1S/C20H24S/c1-4-5-6-20(15-18-11-7-16(2)8-12-18)21-19-13-9-17(3)10-14-19/h7-15H,4-6H2,1-3H3/b20-15-. The molecule has 0 aliphatic rings. The van der Waals surface area contributed by atoms with E-state index in [1.165, 1.54) is 39.3 Å². The first-order valence-corrected chi connectivity index (χ1v) is 8.51. The Balaban J connectivity index is 2.16. The molecule has 0 saturated carbocycles. The largest absolute Gasteiger partial charge is 0.0945 e. The molecule has 2 rings (SSSR count). The number of benzene rings is 2. The minimum atomic E-state index is 1.16. The van der Waals surface area contributed by atoms with Gasteiger partial charge < -0.3 is 0 Å². The van der Waals surface area contributed by atoms with Gasteiger partial charge in [-0.05, 0) is 55.4 Å². The van der Waals surface area contributed by atoms with Crippen molar-refractivity contribution in [2.45, 2.75) is 44.9 Å². The zero-order valence-electron chi connectivity index (χ0n) is 13.2. The van der Waals surface area contributed by atoms with E-state index in [0.29, 0.717) is 0 Å². The minimum absolute atomic E-state index is 1.16. The molecule has 1 heteroatoms. The number of unbranched alkanes of at least 4 members (excludes halogenated alkanes) is 1. The van der Waals surface area contributed by atoms with Gasteiger partial charge in [0.05, 0.1) is 0 Å². The number of hydrogen-bond acceptors (Lipinski definition) is 1. The van der Waals surface area contributed by atoms with Gasteiger partial charge in [0.25, 0.3) is 0 Å². The van der Waals surface area contributed by atoms with Crippen LogP contribution in [0.1, 0.15) is 42.9 Å². The van der Waals surface area contributed by atoms with Gasteiger partial charge in [-0.1, -0.05) is 72.6 Å². The number of rotatable bonds is 6. The SMILES string of the molecule is CCCC/C(=C/c1ccc(C)cc1)Sc1ccc(C)cc1. The highest BCUT2D eigenvalue weighted by atomic mass is 32.2. The molecule has 0 nitrogen and oxygen atoms in total. The summed E-state index contributed by atoms with van der Waals surface area (Å²) in [5.41, 5.74) is 3.93. The Kier molecular flexibility index (Phi) is 6.13. The molecule has 0 aliphatic heterocycles. The molecule has 2 aromatic rings. The van der Waals surface area contributed by atoms with Crippen LogP contribution in [0.5, 0.6) is 0 Å². The van der Waals surface area contributed by atoms with Gasteiger partial charge in [0.15, 0.2) is 0 Å². The lowest BCUT2D eigenvalue weighted by molar-refractivity contribution is 0.810. The Labute approximate surface area is 133 Å². The van der Waals surface area contributed by atoms with Gasteiger partial charge in [-0.15, -0.1) is 0 Å². The Morgan fingerprint density at radius 2 is 1.48 bits per heavy atom. The van der Waals surface area contributed by atoms with Crippen LogP contribution in [0.3, 0.4) is 0 Å². The summed E-state index contributed by atoms with van der Waals surface area (Å²) < 4.78 is 0. The number of thioether (sulfide) groups is 1. The van der Waals surface area contributed by atoms with Crippen LogP contribution in [0.25, 0.3) is 6.08 Å². The fourth-order valence-electron chi connectivity index (χ4n) is 2.11. The monoisotopic (exact) mass is 296 g/mol. The third kappa shape index (κ3) is 5.43. The Morgan fingerprint density at radius 3 is 2.05 bits per heavy atom. The Hall–Kier alpha value is -1.47. The van der Waals surface area contributed by atoms with Gasteiger partial charge in [-0.3, -0.25) is 0 Å². The van der Waals surface area contributed by atoms with Crippen molar-refractivity contribution in [1.82, 2.24) is 0 Å². The average Bonchev–Trinajstić information content (AvgIpc) is 2.49. The zero-order chi connectivity index (χ0) is 15.1. The first-order valence-electron chi connectivity index (χ1n) is 7.69. The molecule has 0 saturated heterocycles. The molecule has 0 amide bonds. The molecule has 2 aromatic carbocycles. The smallest absolute Gasteiger partial charge is 0.0119 e. The summed E-state index contributed by atoms with van der Waals surface area (Å²) in [7, 11) is 0. The van der Waals surface area contributed by atoms with E-state index in [9.17, 15) is 0 Å². The number of aryl methyl sites for hydroxylation is 2. The Bertz CT molecular complexity index is 576. The van der Waals surface area contributed by atoms with E-state index in [-0.39, 0.29) is 0 Å². The maximum atomic E-state index is 2.33. The molecule has 21 heavy (non-hydrogen) atoms. The first kappa shape index (κ1) is 15.9. The molecule has 0 atom stereocenters. The maximum absolute atomic E-state index is 2.33. The summed E-state index contributed by atoms with van der Waals surface area (Å²) in [4.78, 5) is 2.78. The fourth-order valence-corrected chi connectivity index (χ4v) is 3.13. The van der Waals surface area contributed by atoms with E-state index < -0.39 is 0 Å². The third-order valence-electron chi connectivity index (χ3n) is 3.45. The van der Waals surface area contributed by atoms with Crippen LogP contribution >= 0.6 is 11.8 Å². The second-order valence-electron chi connectivity index (χ2n) is 5.54. The summed E-state index contributed by atoms with van der Waals surface area (Å²) in [5.74, 6) is 0. The van der Waals surface area contributed by atoms with Gasteiger partial charge in [-0.2, -0.15) is 0 Å². The van der Waals surface area contributed by atoms with Crippen molar-refractivity contribution in [3.8, 4) is 0 Å². The molecular formula is C20H24S. The van der Waals surface area contributed by atoms with Gasteiger partial charge in [0.2, 0.25) is 0 Å². The molecule has 0 unspecified atom stereocenters. The van der Waals surface area contributed by atoms with Crippen molar-refractivity contribution in [3.05, 3.63) is 70.1 Å². The number of hydrogen-bond donors (Lipinski definition) is 0. The van der Waals surface area contributed by atoms with E-state index in [1.807, 2.05) is 11.8 Å². The second kappa shape index (κ2) is 8.09. The topological polar surface area (TPSA) is 0 Å². The molecule has 0 aliphatic carbocycles. The highest BCUT2D eigenvalue weighted by Crippen LogP contribution is 2.32. The van der Waals surface area contributed by atoms with Crippen molar-refractivity contribution < 1.29 is 0 Å². The zero-order valence-corrected chi connectivity index (χ0v) is 14.0. The van der Waals surface area contributed by atoms with Crippen LogP contribution in [0, 0.1) is 13.8 Å². The van der Waals surface area contributed by atoms with E-state index >= 15 is 0 Å². The highest BCUT2D eigenvalue weighted by molar-refractivity contribution is 8.03. The first-order chi connectivity index (χ1) is 10.2. The fraction of sp³-hybridized carbons (Fsp3) is 0.300. The van der Waals surface area contributed by atoms with Crippen LogP contribution in [0.2, 0.25) is 0 Å². The predicted octanol–water partition coefficient (Wildman–Crippen LogP) is 6.63. The van der Waals surface area contributed by atoms with E-state index in [1.54, 1.807) is 0 Å². The molecular weight excluding hydrogens is 272 g/mol. The summed E-state index contributed by atoms with van der Waals surface area (Å²) in [6.45, 7) is 6.52.